The van der Waals surface area contributed by atoms with Crippen LogP contribution in [0.1, 0.15) is 29.4 Å². The van der Waals surface area contributed by atoms with Crippen molar-refractivity contribution in [3.63, 3.8) is 0 Å². The first-order chi connectivity index (χ1) is 17.9. The molecule has 0 radical (unpaired) electrons. The second kappa shape index (κ2) is 9.12. The molecule has 2 aromatic carbocycles. The zero-order chi connectivity index (χ0) is 25.7. The van der Waals surface area contributed by atoms with E-state index in [-0.39, 0.29) is 28.4 Å². The Bertz CT molecular complexity index is 1620. The van der Waals surface area contributed by atoms with Crippen molar-refractivity contribution in [3.05, 3.63) is 92.2 Å². The summed E-state index contributed by atoms with van der Waals surface area (Å²) in [4.78, 5) is 28.1. The fourth-order valence-corrected chi connectivity index (χ4v) is 5.83. The molecule has 2 bridgehead atoms. The molecule has 0 aliphatic carbocycles. The Balaban J connectivity index is 1.34. The van der Waals surface area contributed by atoms with Gasteiger partial charge in [-0.2, -0.15) is 0 Å². The molecule has 1 saturated heterocycles. The summed E-state index contributed by atoms with van der Waals surface area (Å²) in [6, 6.07) is 15.7. The molecular formula is C29H28N2O6. The molecule has 2 aliphatic rings. The molecule has 6 rings (SSSR count). The Morgan fingerprint density at radius 3 is 2.62 bits per heavy atom. The van der Waals surface area contributed by atoms with Gasteiger partial charge in [0.1, 0.15) is 17.1 Å². The average molecular weight is 501 g/mol. The van der Waals surface area contributed by atoms with Crippen molar-refractivity contribution in [1.82, 2.24) is 9.47 Å². The first-order valence-corrected chi connectivity index (χ1v) is 12.4. The molecule has 2 atom stereocenters. The molecule has 2 aliphatic heterocycles. The predicted molar refractivity (Wildman–Crippen MR) is 139 cm³/mol. The monoisotopic (exact) mass is 500 g/mol. The molecule has 4 aromatic rings. The van der Waals surface area contributed by atoms with Crippen LogP contribution in [0.15, 0.2) is 68.6 Å². The third-order valence-electron chi connectivity index (χ3n) is 7.48. The first kappa shape index (κ1) is 23.4. The number of aromatic nitrogens is 1. The van der Waals surface area contributed by atoms with Gasteiger partial charge in [0, 0.05) is 43.9 Å². The SMILES string of the molecule is COc1ccccc1Oc1c(C)oc2c(CN3C[C@H]4C[C@@H](C3)c3cccc(=O)n3C4)c(O)ccc2c1=O. The second-order valence-corrected chi connectivity index (χ2v) is 9.90. The van der Waals surface area contributed by atoms with E-state index in [0.717, 1.165) is 25.2 Å². The number of likely N-dealkylation sites (tertiary alicyclic amines) is 1. The minimum absolute atomic E-state index is 0.0516. The number of rotatable bonds is 5. The summed E-state index contributed by atoms with van der Waals surface area (Å²) in [6.45, 7) is 4.36. The van der Waals surface area contributed by atoms with Gasteiger partial charge in [-0.05, 0) is 49.6 Å². The predicted octanol–water partition coefficient (Wildman–Crippen LogP) is 4.39. The molecule has 190 valence electrons. The Morgan fingerprint density at radius 1 is 1.00 bits per heavy atom. The molecule has 0 spiro atoms. The number of piperidine rings is 1. The highest BCUT2D eigenvalue weighted by molar-refractivity contribution is 5.83. The van der Waals surface area contributed by atoms with Crippen molar-refractivity contribution >= 4 is 11.0 Å². The molecule has 1 N–H and O–H groups in total. The lowest BCUT2D eigenvalue weighted by Crippen LogP contribution is -2.46. The van der Waals surface area contributed by atoms with Gasteiger partial charge < -0.3 is 23.6 Å². The van der Waals surface area contributed by atoms with E-state index < -0.39 is 0 Å². The van der Waals surface area contributed by atoms with Gasteiger partial charge in [0.15, 0.2) is 11.5 Å². The fourth-order valence-electron chi connectivity index (χ4n) is 5.83. The van der Waals surface area contributed by atoms with E-state index in [4.69, 9.17) is 13.9 Å². The van der Waals surface area contributed by atoms with Crippen molar-refractivity contribution in [1.29, 1.82) is 0 Å². The van der Waals surface area contributed by atoms with Gasteiger partial charge in [-0.3, -0.25) is 14.5 Å². The molecule has 0 saturated carbocycles. The van der Waals surface area contributed by atoms with Crippen molar-refractivity contribution < 1.29 is 19.0 Å². The first-order valence-electron chi connectivity index (χ1n) is 12.4. The van der Waals surface area contributed by atoms with Crippen LogP contribution in [0.25, 0.3) is 11.0 Å². The van der Waals surface area contributed by atoms with E-state index >= 15 is 0 Å². The van der Waals surface area contributed by atoms with Gasteiger partial charge in [-0.15, -0.1) is 0 Å². The van der Waals surface area contributed by atoms with Gasteiger partial charge in [-0.1, -0.05) is 18.2 Å². The molecule has 8 heteroatoms. The molecule has 1 fully saturated rings. The summed E-state index contributed by atoms with van der Waals surface area (Å²) < 4.78 is 19.3. The van der Waals surface area contributed by atoms with Gasteiger partial charge >= 0.3 is 0 Å². The number of nitrogens with zero attached hydrogens (tertiary/aromatic N) is 2. The summed E-state index contributed by atoms with van der Waals surface area (Å²) in [5.74, 6) is 2.00. The average Bonchev–Trinajstić information content (AvgIpc) is 2.89. The van der Waals surface area contributed by atoms with E-state index in [0.29, 0.717) is 52.8 Å². The van der Waals surface area contributed by atoms with E-state index in [2.05, 4.69) is 4.90 Å². The van der Waals surface area contributed by atoms with Crippen LogP contribution in [-0.2, 0) is 13.1 Å². The molecule has 2 aromatic heterocycles. The van der Waals surface area contributed by atoms with E-state index in [1.54, 1.807) is 44.4 Å². The molecule has 37 heavy (non-hydrogen) atoms. The van der Waals surface area contributed by atoms with E-state index in [1.165, 1.54) is 6.07 Å². The third-order valence-corrected chi connectivity index (χ3v) is 7.48. The topological polar surface area (TPSA) is 94.1 Å². The number of para-hydroxylation sites is 2. The summed E-state index contributed by atoms with van der Waals surface area (Å²) >= 11 is 0. The zero-order valence-electron chi connectivity index (χ0n) is 20.8. The number of fused-ring (bicyclic) bond motifs is 5. The smallest absolute Gasteiger partial charge is 0.250 e. The lowest BCUT2D eigenvalue weighted by Gasteiger charge is -2.42. The van der Waals surface area contributed by atoms with Crippen molar-refractivity contribution in [2.75, 3.05) is 20.2 Å². The number of benzene rings is 2. The highest BCUT2D eigenvalue weighted by atomic mass is 16.5. The number of ether oxygens (including phenoxy) is 2. The van der Waals surface area contributed by atoms with Crippen LogP contribution in [0.3, 0.4) is 0 Å². The highest BCUT2D eigenvalue weighted by Crippen LogP contribution is 2.38. The molecule has 8 nitrogen and oxygen atoms in total. The fraction of sp³-hybridized carbons (Fsp3) is 0.310. The molecular weight excluding hydrogens is 472 g/mol. The third kappa shape index (κ3) is 4.07. The number of hydrogen-bond acceptors (Lipinski definition) is 7. The molecule has 0 unspecified atom stereocenters. The van der Waals surface area contributed by atoms with Gasteiger partial charge in [0.2, 0.25) is 11.2 Å². The van der Waals surface area contributed by atoms with Crippen molar-refractivity contribution in [3.8, 4) is 23.0 Å². The van der Waals surface area contributed by atoms with Crippen LogP contribution in [0.2, 0.25) is 0 Å². The maximum absolute atomic E-state index is 13.5. The number of phenols is 1. The summed E-state index contributed by atoms with van der Waals surface area (Å²) in [7, 11) is 1.54. The molecule has 4 heterocycles. The van der Waals surface area contributed by atoms with Crippen LogP contribution in [0.5, 0.6) is 23.0 Å². The Labute approximate surface area is 213 Å². The van der Waals surface area contributed by atoms with Gasteiger partial charge in [0.05, 0.1) is 18.1 Å². The van der Waals surface area contributed by atoms with Crippen molar-refractivity contribution in [2.45, 2.75) is 32.4 Å². The molecule has 0 amide bonds. The van der Waals surface area contributed by atoms with Crippen LogP contribution in [-0.4, -0.2) is 34.8 Å². The largest absolute Gasteiger partial charge is 0.507 e. The quantitative estimate of drug-likeness (QED) is 0.434. The number of phenolic OH excluding ortho intramolecular Hbond substituents is 1. The van der Waals surface area contributed by atoms with Crippen molar-refractivity contribution in [2.24, 2.45) is 5.92 Å². The number of methoxy groups -OCH3 is 1. The van der Waals surface area contributed by atoms with Crippen LogP contribution >= 0.6 is 0 Å². The standard InChI is InChI=1S/C29H28N2O6/c1-17-28(37-25-8-4-3-7-24(25)35-2)27(34)20-10-11-23(32)21(29(20)36-17)16-30-13-18-12-19(15-30)22-6-5-9-26(33)31(22)14-18/h3-11,18-19,32H,12-16H2,1-2H3/t18-,19+/m1/s1. The maximum Gasteiger partial charge on any atom is 0.250 e. The minimum Gasteiger partial charge on any atom is -0.507 e. The minimum atomic E-state index is -0.310. The highest BCUT2D eigenvalue weighted by Gasteiger charge is 2.35. The van der Waals surface area contributed by atoms with Crippen LogP contribution in [0, 0.1) is 12.8 Å². The number of hydrogen-bond donors (Lipinski definition) is 1. The van der Waals surface area contributed by atoms with Gasteiger partial charge in [-0.25, -0.2) is 0 Å². The number of aryl methyl sites for hydroxylation is 1. The summed E-state index contributed by atoms with van der Waals surface area (Å²) in [5.41, 5.74) is 1.75. The van der Waals surface area contributed by atoms with E-state index in [1.807, 2.05) is 22.8 Å². The van der Waals surface area contributed by atoms with E-state index in [9.17, 15) is 14.7 Å². The van der Waals surface area contributed by atoms with Crippen LogP contribution < -0.4 is 20.5 Å². The lowest BCUT2D eigenvalue weighted by molar-refractivity contribution is 0.113. The zero-order valence-corrected chi connectivity index (χ0v) is 20.8. The Kier molecular flexibility index (Phi) is 5.76. The Hall–Kier alpha value is -4.04. The second-order valence-electron chi connectivity index (χ2n) is 9.90. The summed E-state index contributed by atoms with van der Waals surface area (Å²) in [6.07, 6.45) is 1.04. The normalized spacial score (nSPS) is 19.0. The van der Waals surface area contributed by atoms with Crippen LogP contribution in [0.4, 0.5) is 0 Å². The summed E-state index contributed by atoms with van der Waals surface area (Å²) in [5, 5.41) is 11.2. The maximum atomic E-state index is 13.5. The number of aromatic hydroxyl groups is 1. The Morgan fingerprint density at radius 2 is 1.81 bits per heavy atom. The lowest BCUT2D eigenvalue weighted by atomic mass is 9.83. The number of pyridine rings is 1. The van der Waals surface area contributed by atoms with Gasteiger partial charge in [0.25, 0.3) is 5.56 Å².